The Bertz CT molecular complexity index is 1020. The van der Waals surface area contributed by atoms with Gasteiger partial charge in [-0.3, -0.25) is 4.79 Å². The van der Waals surface area contributed by atoms with Crippen molar-refractivity contribution in [3.05, 3.63) is 54.3 Å². The molecule has 2 aromatic carbocycles. The van der Waals surface area contributed by atoms with Crippen molar-refractivity contribution in [2.45, 2.75) is 5.22 Å². The van der Waals surface area contributed by atoms with Crippen LogP contribution in [0.1, 0.15) is 0 Å². The van der Waals surface area contributed by atoms with Crippen LogP contribution in [0.3, 0.4) is 0 Å². The highest BCUT2D eigenvalue weighted by atomic mass is 32.2. The van der Waals surface area contributed by atoms with Crippen LogP contribution in [0.4, 0.5) is 15.8 Å². The highest BCUT2D eigenvalue weighted by molar-refractivity contribution is 7.99. The molecule has 1 aliphatic heterocycles. The molecule has 3 aromatic rings. The molecule has 4 rings (SSSR count). The molecular formula is C21H22FN5O2S. The number of thioether (sulfide) groups is 1. The van der Waals surface area contributed by atoms with Gasteiger partial charge in [0.2, 0.25) is 11.8 Å². The number of benzene rings is 2. The number of hydrogen-bond donors (Lipinski definition) is 1. The molecular weight excluding hydrogens is 405 g/mol. The van der Waals surface area contributed by atoms with E-state index in [9.17, 15) is 9.18 Å². The lowest BCUT2D eigenvalue weighted by Crippen LogP contribution is -2.44. The highest BCUT2D eigenvalue weighted by Gasteiger charge is 2.18. The normalized spacial score (nSPS) is 14.7. The van der Waals surface area contributed by atoms with E-state index in [2.05, 4.69) is 32.4 Å². The Kier molecular flexibility index (Phi) is 6.29. The quantitative estimate of drug-likeness (QED) is 0.605. The van der Waals surface area contributed by atoms with E-state index in [1.54, 1.807) is 12.1 Å². The smallest absolute Gasteiger partial charge is 0.277 e. The van der Waals surface area contributed by atoms with Gasteiger partial charge in [0.25, 0.3) is 5.22 Å². The Labute approximate surface area is 178 Å². The topological polar surface area (TPSA) is 74.5 Å². The van der Waals surface area contributed by atoms with Crippen LogP contribution in [-0.2, 0) is 4.79 Å². The van der Waals surface area contributed by atoms with Gasteiger partial charge in [-0.1, -0.05) is 30.0 Å². The largest absolute Gasteiger partial charge is 0.411 e. The molecule has 0 saturated carbocycles. The minimum absolute atomic E-state index is 0.127. The van der Waals surface area contributed by atoms with E-state index < -0.39 is 0 Å². The van der Waals surface area contributed by atoms with Crippen LogP contribution in [0, 0.1) is 5.82 Å². The van der Waals surface area contributed by atoms with Crippen LogP contribution < -0.4 is 10.2 Å². The number of anilines is 2. The van der Waals surface area contributed by atoms with Gasteiger partial charge in [-0.05, 0) is 37.4 Å². The molecule has 1 N–H and O–H groups in total. The number of aromatic nitrogens is 2. The first-order chi connectivity index (χ1) is 14.6. The maximum Gasteiger partial charge on any atom is 0.277 e. The van der Waals surface area contributed by atoms with Crippen molar-refractivity contribution in [2.75, 3.05) is 49.2 Å². The van der Waals surface area contributed by atoms with Gasteiger partial charge in [0, 0.05) is 31.7 Å². The Morgan fingerprint density at radius 1 is 1.13 bits per heavy atom. The number of para-hydroxylation sites is 2. The second kappa shape index (κ2) is 9.27. The summed E-state index contributed by atoms with van der Waals surface area (Å²) in [4.78, 5) is 17.1. The van der Waals surface area contributed by atoms with Crippen LogP contribution in [0.2, 0.25) is 0 Å². The number of carbonyl (C=O) groups is 1. The number of carbonyl (C=O) groups excluding carboxylic acids is 1. The first-order valence-electron chi connectivity index (χ1n) is 9.63. The average Bonchev–Trinajstić information content (AvgIpc) is 3.23. The zero-order chi connectivity index (χ0) is 20.9. The van der Waals surface area contributed by atoms with Crippen molar-refractivity contribution in [2.24, 2.45) is 0 Å². The average molecular weight is 428 g/mol. The van der Waals surface area contributed by atoms with E-state index in [1.807, 2.05) is 24.3 Å². The number of piperazine rings is 1. The van der Waals surface area contributed by atoms with Gasteiger partial charge in [-0.25, -0.2) is 4.39 Å². The molecule has 1 aromatic heterocycles. The number of halogens is 1. The molecule has 0 aliphatic carbocycles. The van der Waals surface area contributed by atoms with Gasteiger partial charge in [0.15, 0.2) is 0 Å². The number of likely N-dealkylation sites (N-methyl/N-ethyl adjacent to an activating group) is 1. The molecule has 156 valence electrons. The first-order valence-corrected chi connectivity index (χ1v) is 10.6. The van der Waals surface area contributed by atoms with Gasteiger partial charge in [0.1, 0.15) is 5.82 Å². The minimum Gasteiger partial charge on any atom is -0.411 e. The molecule has 0 bridgehead atoms. The Morgan fingerprint density at radius 2 is 1.93 bits per heavy atom. The summed E-state index contributed by atoms with van der Waals surface area (Å²) in [5.74, 6) is -0.190. The Hall–Kier alpha value is -2.91. The maximum absolute atomic E-state index is 13.4. The zero-order valence-corrected chi connectivity index (χ0v) is 17.4. The van der Waals surface area contributed by atoms with E-state index in [1.165, 1.54) is 12.1 Å². The third-order valence-corrected chi connectivity index (χ3v) is 5.65. The lowest BCUT2D eigenvalue weighted by molar-refractivity contribution is -0.113. The van der Waals surface area contributed by atoms with Crippen LogP contribution in [-0.4, -0.2) is 60.0 Å². The van der Waals surface area contributed by atoms with E-state index >= 15 is 0 Å². The second-order valence-corrected chi connectivity index (χ2v) is 7.95. The molecule has 1 saturated heterocycles. The molecule has 0 atom stereocenters. The molecule has 0 spiro atoms. The predicted octanol–water partition coefficient (Wildman–Crippen LogP) is 3.36. The fourth-order valence-electron chi connectivity index (χ4n) is 3.22. The zero-order valence-electron chi connectivity index (χ0n) is 16.5. The number of rotatable bonds is 6. The third-order valence-electron chi connectivity index (χ3n) is 4.83. The third kappa shape index (κ3) is 4.98. The number of nitrogens with zero attached hydrogens (tertiary/aromatic N) is 4. The standard InChI is InChI=1S/C21H22FN5O2S/c1-26-9-11-27(12-10-26)18-8-3-2-7-17(18)23-19(28)14-30-21-25-24-20(29-21)15-5-4-6-16(22)13-15/h2-8,13H,9-12,14H2,1H3,(H,23,28). The summed E-state index contributed by atoms with van der Waals surface area (Å²) >= 11 is 1.14. The maximum atomic E-state index is 13.4. The van der Waals surface area contributed by atoms with Gasteiger partial charge >= 0.3 is 0 Å². The van der Waals surface area contributed by atoms with Gasteiger partial charge in [-0.2, -0.15) is 0 Å². The monoisotopic (exact) mass is 427 g/mol. The lowest BCUT2D eigenvalue weighted by Gasteiger charge is -2.35. The van der Waals surface area contributed by atoms with Crippen LogP contribution in [0.5, 0.6) is 0 Å². The number of nitrogens with one attached hydrogen (secondary N) is 1. The van der Waals surface area contributed by atoms with Crippen LogP contribution in [0.25, 0.3) is 11.5 Å². The molecule has 2 heterocycles. The number of amides is 1. The van der Waals surface area contributed by atoms with E-state index in [4.69, 9.17) is 4.42 Å². The molecule has 9 heteroatoms. The van der Waals surface area contributed by atoms with Crippen LogP contribution >= 0.6 is 11.8 Å². The second-order valence-electron chi connectivity index (χ2n) is 7.03. The fourth-order valence-corrected chi connectivity index (χ4v) is 3.79. The minimum atomic E-state index is -0.377. The molecule has 0 unspecified atom stereocenters. The SMILES string of the molecule is CN1CCN(c2ccccc2NC(=O)CSc2nnc(-c3cccc(F)c3)o2)CC1. The van der Waals surface area contributed by atoms with Crippen molar-refractivity contribution >= 4 is 29.0 Å². The summed E-state index contributed by atoms with van der Waals surface area (Å²) in [7, 11) is 2.11. The van der Waals surface area contributed by atoms with E-state index in [0.29, 0.717) is 5.56 Å². The fraction of sp³-hybridized carbons (Fsp3) is 0.286. The van der Waals surface area contributed by atoms with Crippen molar-refractivity contribution < 1.29 is 13.6 Å². The summed E-state index contributed by atoms with van der Waals surface area (Å²) < 4.78 is 18.9. The highest BCUT2D eigenvalue weighted by Crippen LogP contribution is 2.28. The Balaban J connectivity index is 1.36. The molecule has 0 radical (unpaired) electrons. The first kappa shape index (κ1) is 20.4. The molecule has 1 amide bonds. The van der Waals surface area contributed by atoms with Gasteiger partial charge in [0.05, 0.1) is 17.1 Å². The molecule has 7 nitrogen and oxygen atoms in total. The van der Waals surface area contributed by atoms with Crippen LogP contribution in [0.15, 0.2) is 58.2 Å². The lowest BCUT2D eigenvalue weighted by atomic mass is 10.2. The predicted molar refractivity (Wildman–Crippen MR) is 115 cm³/mol. The van der Waals surface area contributed by atoms with Crippen molar-refractivity contribution in [3.63, 3.8) is 0 Å². The summed E-state index contributed by atoms with van der Waals surface area (Å²) in [6, 6.07) is 13.8. The van der Waals surface area contributed by atoms with Crippen molar-refractivity contribution in [1.29, 1.82) is 0 Å². The summed E-state index contributed by atoms with van der Waals surface area (Å²) in [6.07, 6.45) is 0. The molecule has 30 heavy (non-hydrogen) atoms. The van der Waals surface area contributed by atoms with Crippen molar-refractivity contribution in [3.8, 4) is 11.5 Å². The molecule has 1 aliphatic rings. The molecule has 1 fully saturated rings. The Morgan fingerprint density at radius 3 is 2.73 bits per heavy atom. The van der Waals surface area contributed by atoms with Gasteiger partial charge < -0.3 is 19.5 Å². The summed E-state index contributed by atoms with van der Waals surface area (Å²) in [5, 5.41) is 11.1. The summed E-state index contributed by atoms with van der Waals surface area (Å²) in [6.45, 7) is 3.82. The van der Waals surface area contributed by atoms with Crippen molar-refractivity contribution in [1.82, 2.24) is 15.1 Å². The van der Waals surface area contributed by atoms with Gasteiger partial charge in [-0.15, -0.1) is 10.2 Å². The summed E-state index contributed by atoms with van der Waals surface area (Å²) in [5.41, 5.74) is 2.31. The van der Waals surface area contributed by atoms with E-state index in [0.717, 1.165) is 49.3 Å². The van der Waals surface area contributed by atoms with E-state index in [-0.39, 0.29) is 28.6 Å². The number of hydrogen-bond acceptors (Lipinski definition) is 7.